The zero-order valence-corrected chi connectivity index (χ0v) is 8.66. The summed E-state index contributed by atoms with van der Waals surface area (Å²) in [5, 5.41) is 0. The molecule has 1 aliphatic rings. The number of hydrogen-bond acceptors (Lipinski definition) is 0. The van der Waals surface area contributed by atoms with Gasteiger partial charge in [0.05, 0.1) is 0 Å². The van der Waals surface area contributed by atoms with Crippen LogP contribution in [-0.2, 0) is 6.42 Å². The van der Waals surface area contributed by atoms with E-state index in [9.17, 15) is 0 Å². The maximum absolute atomic E-state index is 2.33. The Bertz CT molecular complexity index is 369. The van der Waals surface area contributed by atoms with Crippen molar-refractivity contribution in [2.45, 2.75) is 26.2 Å². The summed E-state index contributed by atoms with van der Waals surface area (Å²) in [4.78, 5) is 0. The second-order valence-electron chi connectivity index (χ2n) is 3.69. The topological polar surface area (TPSA) is 0 Å². The molecule has 1 aliphatic carbocycles. The van der Waals surface area contributed by atoms with Gasteiger partial charge in [0.15, 0.2) is 0 Å². The molecule has 0 heteroatoms. The smallest absolute Gasteiger partial charge is 0.0185 e. The van der Waals surface area contributed by atoms with Crippen molar-refractivity contribution in [2.24, 2.45) is 0 Å². The first-order chi connectivity index (χ1) is 6.90. The number of rotatable bonds is 2. The van der Waals surface area contributed by atoms with E-state index < -0.39 is 0 Å². The molecule has 0 nitrogen and oxygen atoms in total. The van der Waals surface area contributed by atoms with E-state index in [-0.39, 0.29) is 0 Å². The van der Waals surface area contributed by atoms with Crippen molar-refractivity contribution in [1.29, 1.82) is 0 Å². The van der Waals surface area contributed by atoms with Crippen LogP contribution in [0, 0.1) is 0 Å². The van der Waals surface area contributed by atoms with Gasteiger partial charge in [-0.25, -0.2) is 0 Å². The molecule has 72 valence electrons. The monoisotopic (exact) mass is 184 g/mol. The minimum atomic E-state index is 1.12. The van der Waals surface area contributed by atoms with Gasteiger partial charge in [-0.15, -0.1) is 0 Å². The molecule has 2 rings (SSSR count). The number of benzene rings is 1. The van der Waals surface area contributed by atoms with Crippen molar-refractivity contribution in [3.05, 3.63) is 53.6 Å². The molecule has 0 aliphatic heterocycles. The lowest BCUT2D eigenvalue weighted by atomic mass is 9.97. The quantitative estimate of drug-likeness (QED) is 0.652. The zero-order chi connectivity index (χ0) is 9.80. The average molecular weight is 184 g/mol. The fourth-order valence-corrected chi connectivity index (χ4v) is 1.80. The maximum atomic E-state index is 2.33. The van der Waals surface area contributed by atoms with Crippen LogP contribution in [0.3, 0.4) is 0 Å². The maximum Gasteiger partial charge on any atom is -0.0185 e. The predicted molar refractivity (Wildman–Crippen MR) is 62.2 cm³/mol. The van der Waals surface area contributed by atoms with E-state index in [2.05, 4.69) is 49.4 Å². The van der Waals surface area contributed by atoms with Gasteiger partial charge in [-0.05, 0) is 36.0 Å². The standard InChI is InChI=1S/C14H16/c1-2-12-7-6-10-14(11-12)13-8-4-3-5-9-13/h4,6-11H,2-3,5H2,1H3. The minimum Gasteiger partial charge on any atom is -0.0836 e. The molecule has 0 bridgehead atoms. The largest absolute Gasteiger partial charge is 0.0836 e. The molecule has 1 aromatic carbocycles. The molecule has 0 unspecified atom stereocenters. The van der Waals surface area contributed by atoms with Crippen LogP contribution in [0.15, 0.2) is 42.5 Å². The lowest BCUT2D eigenvalue weighted by Crippen LogP contribution is -1.88. The van der Waals surface area contributed by atoms with Gasteiger partial charge >= 0.3 is 0 Å². The molecule has 0 saturated heterocycles. The first-order valence-corrected chi connectivity index (χ1v) is 5.36. The Balaban J connectivity index is 2.31. The van der Waals surface area contributed by atoms with Gasteiger partial charge in [0, 0.05) is 0 Å². The van der Waals surface area contributed by atoms with Gasteiger partial charge in [-0.3, -0.25) is 0 Å². The van der Waals surface area contributed by atoms with E-state index in [1.807, 2.05) is 0 Å². The van der Waals surface area contributed by atoms with E-state index in [1.54, 1.807) is 0 Å². The summed E-state index contributed by atoms with van der Waals surface area (Å²) in [6.45, 7) is 2.20. The van der Waals surface area contributed by atoms with Gasteiger partial charge in [0.25, 0.3) is 0 Å². The summed E-state index contributed by atoms with van der Waals surface area (Å²) in [7, 11) is 0. The molecule has 0 atom stereocenters. The summed E-state index contributed by atoms with van der Waals surface area (Å²) in [5.74, 6) is 0. The molecule has 0 radical (unpaired) electrons. The predicted octanol–water partition coefficient (Wildman–Crippen LogP) is 3.98. The highest BCUT2D eigenvalue weighted by Crippen LogP contribution is 2.22. The molecular formula is C14H16. The van der Waals surface area contributed by atoms with Crippen LogP contribution in [-0.4, -0.2) is 0 Å². The lowest BCUT2D eigenvalue weighted by Gasteiger charge is -2.08. The van der Waals surface area contributed by atoms with Crippen molar-refractivity contribution in [2.75, 3.05) is 0 Å². The van der Waals surface area contributed by atoms with Crippen LogP contribution in [0.5, 0.6) is 0 Å². The zero-order valence-electron chi connectivity index (χ0n) is 8.66. The molecule has 0 fully saturated rings. The van der Waals surface area contributed by atoms with Crippen LogP contribution in [0.4, 0.5) is 0 Å². The molecule has 14 heavy (non-hydrogen) atoms. The van der Waals surface area contributed by atoms with Gasteiger partial charge < -0.3 is 0 Å². The average Bonchev–Trinajstić information content (AvgIpc) is 2.30. The SMILES string of the molecule is CCc1cccc(C2=CCCC=C2)c1. The fraction of sp³-hybridized carbons (Fsp3) is 0.286. The highest BCUT2D eigenvalue weighted by molar-refractivity contribution is 5.75. The molecule has 0 heterocycles. The molecule has 0 saturated carbocycles. The van der Waals surface area contributed by atoms with Crippen LogP contribution in [0.1, 0.15) is 30.9 Å². The number of hydrogen-bond donors (Lipinski definition) is 0. The van der Waals surface area contributed by atoms with Crippen molar-refractivity contribution in [3.8, 4) is 0 Å². The summed E-state index contributed by atoms with van der Waals surface area (Å²) in [5.41, 5.74) is 4.16. The summed E-state index contributed by atoms with van der Waals surface area (Å²) in [6.07, 6.45) is 10.3. The highest BCUT2D eigenvalue weighted by Gasteiger charge is 2.01. The Morgan fingerprint density at radius 1 is 1.21 bits per heavy atom. The van der Waals surface area contributed by atoms with Gasteiger partial charge in [0.1, 0.15) is 0 Å². The molecular weight excluding hydrogens is 168 g/mol. The second kappa shape index (κ2) is 4.28. The third-order valence-corrected chi connectivity index (χ3v) is 2.66. The van der Waals surface area contributed by atoms with E-state index in [1.165, 1.54) is 29.5 Å². The van der Waals surface area contributed by atoms with Crippen LogP contribution in [0.2, 0.25) is 0 Å². The van der Waals surface area contributed by atoms with E-state index >= 15 is 0 Å². The third-order valence-electron chi connectivity index (χ3n) is 2.66. The Morgan fingerprint density at radius 2 is 2.14 bits per heavy atom. The van der Waals surface area contributed by atoms with Gasteiger partial charge in [0.2, 0.25) is 0 Å². The number of allylic oxidation sites excluding steroid dienone is 4. The number of aryl methyl sites for hydroxylation is 1. The van der Waals surface area contributed by atoms with Crippen LogP contribution < -0.4 is 0 Å². The van der Waals surface area contributed by atoms with Gasteiger partial charge in [-0.1, -0.05) is 49.4 Å². The highest BCUT2D eigenvalue weighted by atomic mass is 14.1. The van der Waals surface area contributed by atoms with Crippen LogP contribution in [0.25, 0.3) is 5.57 Å². The molecule has 0 N–H and O–H groups in total. The van der Waals surface area contributed by atoms with Crippen molar-refractivity contribution in [3.63, 3.8) is 0 Å². The molecule has 0 aromatic heterocycles. The Kier molecular flexibility index (Phi) is 2.83. The van der Waals surface area contributed by atoms with Crippen molar-refractivity contribution >= 4 is 5.57 Å². The van der Waals surface area contributed by atoms with Crippen LogP contribution >= 0.6 is 0 Å². The van der Waals surface area contributed by atoms with Crippen molar-refractivity contribution in [1.82, 2.24) is 0 Å². The summed E-state index contributed by atoms with van der Waals surface area (Å²) >= 11 is 0. The molecule has 0 amide bonds. The summed E-state index contributed by atoms with van der Waals surface area (Å²) < 4.78 is 0. The Hall–Kier alpha value is -1.30. The normalized spacial score (nSPS) is 15.4. The first kappa shape index (κ1) is 9.26. The molecule has 0 spiro atoms. The minimum absolute atomic E-state index is 1.12. The first-order valence-electron chi connectivity index (χ1n) is 5.36. The van der Waals surface area contributed by atoms with E-state index in [4.69, 9.17) is 0 Å². The fourth-order valence-electron chi connectivity index (χ4n) is 1.80. The van der Waals surface area contributed by atoms with Gasteiger partial charge in [-0.2, -0.15) is 0 Å². The third kappa shape index (κ3) is 1.95. The Morgan fingerprint density at radius 3 is 2.86 bits per heavy atom. The Labute approximate surface area is 86.0 Å². The van der Waals surface area contributed by atoms with Crippen molar-refractivity contribution < 1.29 is 0 Å². The molecule has 1 aromatic rings. The second-order valence-corrected chi connectivity index (χ2v) is 3.69. The van der Waals surface area contributed by atoms with E-state index in [0.29, 0.717) is 0 Å². The lowest BCUT2D eigenvalue weighted by molar-refractivity contribution is 1.04. The summed E-state index contributed by atoms with van der Waals surface area (Å²) in [6, 6.07) is 8.83. The van der Waals surface area contributed by atoms with E-state index in [0.717, 1.165) is 6.42 Å².